The Kier molecular flexibility index (Phi) is 4.08. The van der Waals surface area contributed by atoms with Crippen LogP contribution in [0.3, 0.4) is 0 Å². The van der Waals surface area contributed by atoms with Crippen molar-refractivity contribution < 1.29 is 0 Å². The summed E-state index contributed by atoms with van der Waals surface area (Å²) in [5.41, 5.74) is 1.02. The summed E-state index contributed by atoms with van der Waals surface area (Å²) in [5.74, 6) is 0.808. The molecule has 1 fully saturated rings. The van der Waals surface area contributed by atoms with E-state index < -0.39 is 0 Å². The lowest BCUT2D eigenvalue weighted by molar-refractivity contribution is 0.247. The average molecular weight is 290 g/mol. The second-order valence-corrected chi connectivity index (χ2v) is 5.59. The van der Waals surface area contributed by atoms with Gasteiger partial charge < -0.3 is 10.2 Å². The second-order valence-electron chi connectivity index (χ2n) is 4.72. The van der Waals surface area contributed by atoms with E-state index >= 15 is 0 Å². The van der Waals surface area contributed by atoms with Crippen LogP contribution in [-0.2, 0) is 6.54 Å². The van der Waals surface area contributed by atoms with Crippen LogP contribution in [0.25, 0.3) is 0 Å². The van der Waals surface area contributed by atoms with Gasteiger partial charge in [0.25, 0.3) is 0 Å². The molecule has 0 aliphatic carbocycles. The molecule has 20 heavy (non-hydrogen) atoms. The van der Waals surface area contributed by atoms with Crippen molar-refractivity contribution in [3.05, 3.63) is 29.7 Å². The Morgan fingerprint density at radius 2 is 2.00 bits per heavy atom. The quantitative estimate of drug-likeness (QED) is 0.916. The van der Waals surface area contributed by atoms with Crippen molar-refractivity contribution in [2.45, 2.75) is 6.54 Å². The van der Waals surface area contributed by atoms with Crippen molar-refractivity contribution in [1.29, 1.82) is 0 Å². The summed E-state index contributed by atoms with van der Waals surface area (Å²) in [6, 6.07) is 0. The molecular weight excluding hydrogens is 272 g/mol. The van der Waals surface area contributed by atoms with Gasteiger partial charge in [-0.05, 0) is 0 Å². The standard InChI is InChI=1S/C13H18N6S/c1-14-12-9-16-11(8-17-12)10-18-3-5-19(6-4-18)13-15-2-7-20-13/h2,7-9H,3-6,10H2,1H3,(H,14,17). The Bertz CT molecular complexity index is 518. The van der Waals surface area contributed by atoms with Crippen molar-refractivity contribution in [2.75, 3.05) is 43.4 Å². The minimum atomic E-state index is 0.808. The molecule has 1 aliphatic heterocycles. The number of piperazine rings is 1. The topological polar surface area (TPSA) is 57.2 Å². The van der Waals surface area contributed by atoms with Crippen LogP contribution in [0.2, 0.25) is 0 Å². The molecular formula is C13H18N6S. The maximum atomic E-state index is 4.42. The minimum Gasteiger partial charge on any atom is -0.372 e. The normalized spacial score (nSPS) is 16.4. The van der Waals surface area contributed by atoms with Gasteiger partial charge in [0.2, 0.25) is 0 Å². The lowest BCUT2D eigenvalue weighted by Gasteiger charge is -2.34. The molecule has 106 valence electrons. The predicted octanol–water partition coefficient (Wildman–Crippen LogP) is 1.30. The SMILES string of the molecule is CNc1cnc(CN2CCN(c3nccs3)CC2)cn1. The molecule has 0 atom stereocenters. The van der Waals surface area contributed by atoms with Crippen LogP contribution in [0, 0.1) is 0 Å². The first-order valence-electron chi connectivity index (χ1n) is 6.70. The summed E-state index contributed by atoms with van der Waals surface area (Å²) in [6.07, 6.45) is 5.49. The minimum absolute atomic E-state index is 0.808. The summed E-state index contributed by atoms with van der Waals surface area (Å²) in [5, 5.41) is 6.14. The molecule has 2 aromatic rings. The monoisotopic (exact) mass is 290 g/mol. The third-order valence-electron chi connectivity index (χ3n) is 3.41. The van der Waals surface area contributed by atoms with E-state index in [-0.39, 0.29) is 0 Å². The summed E-state index contributed by atoms with van der Waals surface area (Å²) in [4.78, 5) is 17.8. The average Bonchev–Trinajstić information content (AvgIpc) is 3.03. The molecule has 3 heterocycles. The molecule has 6 nitrogen and oxygen atoms in total. The molecule has 7 heteroatoms. The van der Waals surface area contributed by atoms with E-state index in [0.717, 1.165) is 49.4 Å². The fourth-order valence-electron chi connectivity index (χ4n) is 2.26. The van der Waals surface area contributed by atoms with Gasteiger partial charge in [-0.15, -0.1) is 11.3 Å². The molecule has 1 aliphatic rings. The Hall–Kier alpha value is -1.73. The van der Waals surface area contributed by atoms with Gasteiger partial charge in [-0.2, -0.15) is 0 Å². The predicted molar refractivity (Wildman–Crippen MR) is 81.2 cm³/mol. The number of thiazole rings is 1. The van der Waals surface area contributed by atoms with Gasteiger partial charge in [-0.25, -0.2) is 9.97 Å². The zero-order valence-corrected chi connectivity index (χ0v) is 12.3. The number of hydrogen-bond acceptors (Lipinski definition) is 7. The Morgan fingerprint density at radius 1 is 1.15 bits per heavy atom. The van der Waals surface area contributed by atoms with E-state index in [1.807, 2.05) is 24.8 Å². The van der Waals surface area contributed by atoms with Crippen LogP contribution in [0.4, 0.5) is 10.9 Å². The molecule has 0 unspecified atom stereocenters. The summed E-state index contributed by atoms with van der Waals surface area (Å²) < 4.78 is 0. The Morgan fingerprint density at radius 3 is 2.60 bits per heavy atom. The molecule has 0 aromatic carbocycles. The van der Waals surface area contributed by atoms with Gasteiger partial charge in [0.1, 0.15) is 5.82 Å². The van der Waals surface area contributed by atoms with Crippen LogP contribution < -0.4 is 10.2 Å². The molecule has 2 aromatic heterocycles. The lowest BCUT2D eigenvalue weighted by Crippen LogP contribution is -2.46. The van der Waals surface area contributed by atoms with Crippen molar-refractivity contribution >= 4 is 22.3 Å². The maximum Gasteiger partial charge on any atom is 0.185 e. The van der Waals surface area contributed by atoms with E-state index in [1.165, 1.54) is 0 Å². The maximum absolute atomic E-state index is 4.42. The van der Waals surface area contributed by atoms with E-state index in [2.05, 4.69) is 30.1 Å². The summed E-state index contributed by atoms with van der Waals surface area (Å²) >= 11 is 1.71. The van der Waals surface area contributed by atoms with E-state index in [0.29, 0.717) is 0 Å². The first kappa shape index (κ1) is 13.3. The van der Waals surface area contributed by atoms with Crippen LogP contribution >= 0.6 is 11.3 Å². The summed E-state index contributed by atoms with van der Waals surface area (Å²) in [7, 11) is 1.85. The fourth-order valence-corrected chi connectivity index (χ4v) is 2.96. The van der Waals surface area contributed by atoms with Crippen molar-refractivity contribution in [3.8, 4) is 0 Å². The Balaban J connectivity index is 1.53. The zero-order valence-electron chi connectivity index (χ0n) is 11.5. The fraction of sp³-hybridized carbons (Fsp3) is 0.462. The number of aromatic nitrogens is 3. The highest BCUT2D eigenvalue weighted by atomic mass is 32.1. The van der Waals surface area contributed by atoms with Gasteiger partial charge in [0.05, 0.1) is 18.1 Å². The highest BCUT2D eigenvalue weighted by Gasteiger charge is 2.18. The third-order valence-corrected chi connectivity index (χ3v) is 4.24. The van der Waals surface area contributed by atoms with E-state index in [9.17, 15) is 0 Å². The van der Waals surface area contributed by atoms with Crippen molar-refractivity contribution in [2.24, 2.45) is 0 Å². The van der Waals surface area contributed by atoms with Crippen molar-refractivity contribution in [1.82, 2.24) is 19.9 Å². The van der Waals surface area contributed by atoms with Gasteiger partial charge in [-0.3, -0.25) is 9.88 Å². The number of nitrogens with one attached hydrogen (secondary N) is 1. The first-order valence-corrected chi connectivity index (χ1v) is 7.58. The molecule has 0 spiro atoms. The zero-order chi connectivity index (χ0) is 13.8. The van der Waals surface area contributed by atoms with Crippen LogP contribution in [-0.4, -0.2) is 53.1 Å². The first-order chi connectivity index (χ1) is 9.85. The molecule has 1 saturated heterocycles. The number of rotatable bonds is 4. The molecule has 3 rings (SSSR count). The highest BCUT2D eigenvalue weighted by molar-refractivity contribution is 7.13. The van der Waals surface area contributed by atoms with Crippen LogP contribution in [0.15, 0.2) is 24.0 Å². The number of nitrogens with zero attached hydrogens (tertiary/aromatic N) is 5. The number of anilines is 2. The molecule has 1 N–H and O–H groups in total. The van der Waals surface area contributed by atoms with Gasteiger partial charge in [-0.1, -0.05) is 0 Å². The Labute approximate surface area is 122 Å². The molecule has 0 amide bonds. The van der Waals surface area contributed by atoms with Gasteiger partial charge in [0, 0.05) is 51.3 Å². The van der Waals surface area contributed by atoms with E-state index in [1.54, 1.807) is 17.5 Å². The van der Waals surface area contributed by atoms with E-state index in [4.69, 9.17) is 0 Å². The smallest absolute Gasteiger partial charge is 0.185 e. The number of hydrogen-bond donors (Lipinski definition) is 1. The summed E-state index contributed by atoms with van der Waals surface area (Å²) in [6.45, 7) is 4.98. The molecule has 0 saturated carbocycles. The third kappa shape index (κ3) is 3.05. The van der Waals surface area contributed by atoms with Crippen LogP contribution in [0.5, 0.6) is 0 Å². The van der Waals surface area contributed by atoms with Gasteiger partial charge in [0.15, 0.2) is 5.13 Å². The highest BCUT2D eigenvalue weighted by Crippen LogP contribution is 2.19. The van der Waals surface area contributed by atoms with Crippen molar-refractivity contribution in [3.63, 3.8) is 0 Å². The molecule has 0 bridgehead atoms. The second kappa shape index (κ2) is 6.15. The molecule has 0 radical (unpaired) electrons. The lowest BCUT2D eigenvalue weighted by atomic mass is 10.3. The largest absolute Gasteiger partial charge is 0.372 e. The van der Waals surface area contributed by atoms with Crippen LogP contribution in [0.1, 0.15) is 5.69 Å². The van der Waals surface area contributed by atoms with Gasteiger partial charge >= 0.3 is 0 Å².